The third-order valence-corrected chi connectivity index (χ3v) is 5.83. The third-order valence-electron chi connectivity index (χ3n) is 5.83. The summed E-state index contributed by atoms with van der Waals surface area (Å²) in [7, 11) is 1.88. The van der Waals surface area contributed by atoms with Crippen molar-refractivity contribution in [2.75, 3.05) is 0 Å². The molecule has 0 saturated carbocycles. The van der Waals surface area contributed by atoms with Gasteiger partial charge in [-0.3, -0.25) is 9.36 Å². The van der Waals surface area contributed by atoms with Gasteiger partial charge in [0.25, 0.3) is 0 Å². The molecule has 0 aliphatic heterocycles. The summed E-state index contributed by atoms with van der Waals surface area (Å²) in [5, 5.41) is 24.0. The van der Waals surface area contributed by atoms with Crippen LogP contribution in [0, 0.1) is 6.92 Å². The van der Waals surface area contributed by atoms with Crippen LogP contribution in [0.1, 0.15) is 35.0 Å². The van der Waals surface area contributed by atoms with Crippen LogP contribution in [0.2, 0.25) is 0 Å². The van der Waals surface area contributed by atoms with Crippen molar-refractivity contribution in [3.05, 3.63) is 53.0 Å². The molecule has 1 unspecified atom stereocenters. The molecular formula is C21H19F3N6O. The zero-order valence-corrected chi connectivity index (χ0v) is 16.8. The minimum atomic E-state index is -4.53. The number of aromatic nitrogens is 6. The van der Waals surface area contributed by atoms with Crippen LogP contribution in [0.15, 0.2) is 30.5 Å². The Morgan fingerprint density at radius 1 is 1.19 bits per heavy atom. The number of halogens is 3. The molecule has 0 fully saturated rings. The summed E-state index contributed by atoms with van der Waals surface area (Å²) in [6.45, 7) is 1.52. The van der Waals surface area contributed by atoms with Gasteiger partial charge in [-0.05, 0) is 49.6 Å². The van der Waals surface area contributed by atoms with Crippen LogP contribution in [0.5, 0.6) is 5.75 Å². The molecule has 3 heterocycles. The van der Waals surface area contributed by atoms with E-state index in [0.717, 1.165) is 48.2 Å². The van der Waals surface area contributed by atoms with E-state index in [4.69, 9.17) is 0 Å². The van der Waals surface area contributed by atoms with Gasteiger partial charge in [-0.2, -0.15) is 18.3 Å². The molecule has 10 heteroatoms. The lowest BCUT2D eigenvalue weighted by molar-refractivity contribution is -0.137. The minimum absolute atomic E-state index is 0.142. The first-order chi connectivity index (χ1) is 14.7. The zero-order chi connectivity index (χ0) is 21.9. The molecule has 0 spiro atoms. The highest BCUT2D eigenvalue weighted by molar-refractivity contribution is 5.80. The number of phenolic OH excluding ortho intramolecular Hbond substituents is 1. The number of rotatable bonds is 2. The highest BCUT2D eigenvalue weighted by Crippen LogP contribution is 2.39. The Morgan fingerprint density at radius 2 is 2.00 bits per heavy atom. The third kappa shape index (κ3) is 3.31. The highest BCUT2D eigenvalue weighted by Gasteiger charge is 2.32. The lowest BCUT2D eigenvalue weighted by Gasteiger charge is -2.21. The molecular weight excluding hydrogens is 409 g/mol. The van der Waals surface area contributed by atoms with Crippen LogP contribution in [0.3, 0.4) is 0 Å². The smallest absolute Gasteiger partial charge is 0.416 e. The van der Waals surface area contributed by atoms with Crippen LogP contribution in [-0.2, 0) is 26.1 Å². The van der Waals surface area contributed by atoms with Crippen molar-refractivity contribution >= 4 is 11.0 Å². The summed E-state index contributed by atoms with van der Waals surface area (Å²) < 4.78 is 42.7. The monoisotopic (exact) mass is 428 g/mol. The second-order valence-electron chi connectivity index (χ2n) is 7.91. The largest absolute Gasteiger partial charge is 0.507 e. The van der Waals surface area contributed by atoms with Gasteiger partial charge in [-0.15, -0.1) is 5.10 Å². The number of nitrogens with zero attached hydrogens (tertiary/aromatic N) is 6. The van der Waals surface area contributed by atoms with Gasteiger partial charge in [-0.1, -0.05) is 5.21 Å². The molecule has 160 valence electrons. The van der Waals surface area contributed by atoms with Gasteiger partial charge in [0, 0.05) is 30.6 Å². The van der Waals surface area contributed by atoms with E-state index in [0.29, 0.717) is 16.9 Å². The summed E-state index contributed by atoms with van der Waals surface area (Å²) in [6.07, 6.45) is -0.142. The second kappa shape index (κ2) is 6.79. The number of fused-ring (bicyclic) bond motifs is 2. The number of aromatic hydroxyl groups is 1. The molecule has 4 aromatic rings. The van der Waals surface area contributed by atoms with Crippen molar-refractivity contribution in [2.45, 2.75) is 38.4 Å². The van der Waals surface area contributed by atoms with Crippen molar-refractivity contribution in [3.63, 3.8) is 0 Å². The number of hydrogen-bond acceptors (Lipinski definition) is 5. The van der Waals surface area contributed by atoms with Gasteiger partial charge in [0.15, 0.2) is 5.65 Å². The molecule has 0 bridgehead atoms. The fourth-order valence-electron chi connectivity index (χ4n) is 4.23. The summed E-state index contributed by atoms with van der Waals surface area (Å²) in [4.78, 5) is 4.52. The molecule has 31 heavy (non-hydrogen) atoms. The Kier molecular flexibility index (Phi) is 4.28. The van der Waals surface area contributed by atoms with Crippen molar-refractivity contribution in [2.24, 2.45) is 7.05 Å². The molecule has 7 nitrogen and oxygen atoms in total. The van der Waals surface area contributed by atoms with E-state index in [2.05, 4.69) is 20.4 Å². The molecule has 1 aromatic carbocycles. The molecule has 0 saturated heterocycles. The lowest BCUT2D eigenvalue weighted by atomic mass is 9.96. The van der Waals surface area contributed by atoms with Crippen molar-refractivity contribution < 1.29 is 18.3 Å². The standard InChI is InChI=1S/C21H19F3N6O/c1-11-7-13(21(22,23)24)8-18(31)19(11)16-5-3-12-10-30(27-20(12)25-16)14-4-6-15-17(9-14)29(2)28-26-15/h3,5,7-8,10,14,31H,4,6,9H2,1-2H3. The van der Waals surface area contributed by atoms with Gasteiger partial charge in [0.05, 0.1) is 28.7 Å². The maximum Gasteiger partial charge on any atom is 0.416 e. The molecule has 3 aromatic heterocycles. The number of pyridine rings is 1. The van der Waals surface area contributed by atoms with Crippen LogP contribution >= 0.6 is 0 Å². The first-order valence-electron chi connectivity index (χ1n) is 9.85. The Labute approximate surface area is 175 Å². The van der Waals surface area contributed by atoms with Crippen molar-refractivity contribution in [3.8, 4) is 17.0 Å². The molecule has 1 atom stereocenters. The summed E-state index contributed by atoms with van der Waals surface area (Å²) >= 11 is 0. The Morgan fingerprint density at radius 3 is 2.74 bits per heavy atom. The van der Waals surface area contributed by atoms with E-state index in [9.17, 15) is 18.3 Å². The van der Waals surface area contributed by atoms with E-state index in [1.54, 1.807) is 10.7 Å². The number of benzene rings is 1. The normalized spacial score (nSPS) is 16.6. The van der Waals surface area contributed by atoms with Gasteiger partial charge in [-0.25, -0.2) is 4.98 Å². The molecule has 1 N–H and O–H groups in total. The Hall–Kier alpha value is -3.43. The molecule has 0 radical (unpaired) electrons. The highest BCUT2D eigenvalue weighted by atomic mass is 19.4. The van der Waals surface area contributed by atoms with Crippen LogP contribution in [0.25, 0.3) is 22.3 Å². The summed E-state index contributed by atoms with van der Waals surface area (Å²) in [6, 6.07) is 5.39. The van der Waals surface area contributed by atoms with E-state index < -0.39 is 17.5 Å². The van der Waals surface area contributed by atoms with Crippen LogP contribution in [0.4, 0.5) is 13.2 Å². The Balaban J connectivity index is 1.50. The van der Waals surface area contributed by atoms with Crippen molar-refractivity contribution in [1.29, 1.82) is 0 Å². The average molecular weight is 428 g/mol. The summed E-state index contributed by atoms with van der Waals surface area (Å²) in [5.74, 6) is -0.456. The maximum absolute atomic E-state index is 13.0. The number of phenols is 1. The predicted octanol–water partition coefficient (Wildman–Crippen LogP) is 3.99. The lowest BCUT2D eigenvalue weighted by Crippen LogP contribution is -2.20. The van der Waals surface area contributed by atoms with Gasteiger partial charge in [0.1, 0.15) is 5.75 Å². The summed E-state index contributed by atoms with van der Waals surface area (Å²) in [5.41, 5.74) is 2.64. The molecule has 1 aliphatic rings. The van der Waals surface area contributed by atoms with E-state index in [1.807, 2.05) is 24.0 Å². The van der Waals surface area contributed by atoms with Crippen LogP contribution < -0.4 is 0 Å². The Bertz CT molecular complexity index is 1280. The minimum Gasteiger partial charge on any atom is -0.507 e. The molecule has 1 aliphatic carbocycles. The maximum atomic E-state index is 13.0. The average Bonchev–Trinajstić information content (AvgIpc) is 3.30. The van der Waals surface area contributed by atoms with Gasteiger partial charge in [0.2, 0.25) is 0 Å². The van der Waals surface area contributed by atoms with Gasteiger partial charge >= 0.3 is 6.18 Å². The van der Waals surface area contributed by atoms with E-state index in [1.165, 1.54) is 6.92 Å². The predicted molar refractivity (Wildman–Crippen MR) is 106 cm³/mol. The first-order valence-corrected chi connectivity index (χ1v) is 9.85. The van der Waals surface area contributed by atoms with E-state index >= 15 is 0 Å². The van der Waals surface area contributed by atoms with Crippen molar-refractivity contribution in [1.82, 2.24) is 29.8 Å². The second-order valence-corrected chi connectivity index (χ2v) is 7.91. The number of alkyl halides is 3. The first kappa shape index (κ1) is 19.5. The zero-order valence-electron chi connectivity index (χ0n) is 16.8. The van der Waals surface area contributed by atoms with Gasteiger partial charge < -0.3 is 5.11 Å². The quantitative estimate of drug-likeness (QED) is 0.522. The number of hydrogen-bond donors (Lipinski definition) is 1. The number of aryl methyl sites for hydroxylation is 3. The van der Waals surface area contributed by atoms with Crippen LogP contribution in [-0.4, -0.2) is 34.9 Å². The SMILES string of the molecule is Cc1cc(C(F)(F)F)cc(O)c1-c1ccc2cn(C3CCc4nnn(C)c4C3)nc2n1. The van der Waals surface area contributed by atoms with E-state index in [-0.39, 0.29) is 11.6 Å². The molecule has 0 amide bonds. The fraction of sp³-hybridized carbons (Fsp3) is 0.333. The topological polar surface area (TPSA) is 81.6 Å². The fourth-order valence-corrected chi connectivity index (χ4v) is 4.23. The molecule has 5 rings (SSSR count).